The largest absolute Gasteiger partial charge is 0.326 e. The summed E-state index contributed by atoms with van der Waals surface area (Å²) in [6, 6.07) is 10.6. The van der Waals surface area contributed by atoms with E-state index >= 15 is 0 Å². The predicted molar refractivity (Wildman–Crippen MR) is 103 cm³/mol. The van der Waals surface area contributed by atoms with Crippen LogP contribution in [-0.4, -0.2) is 31.7 Å². The van der Waals surface area contributed by atoms with Crippen molar-refractivity contribution in [1.29, 1.82) is 0 Å². The van der Waals surface area contributed by atoms with E-state index in [0.717, 1.165) is 18.4 Å². The van der Waals surface area contributed by atoms with Crippen molar-refractivity contribution >= 4 is 33.2 Å². The van der Waals surface area contributed by atoms with Gasteiger partial charge in [-0.3, -0.25) is 4.79 Å². The summed E-state index contributed by atoms with van der Waals surface area (Å²) in [5, 5.41) is 2.61. The van der Waals surface area contributed by atoms with Crippen LogP contribution in [-0.2, 0) is 21.2 Å². The smallest absolute Gasteiger partial charge is 0.243 e. The minimum absolute atomic E-state index is 0.0531. The van der Waals surface area contributed by atoms with Gasteiger partial charge in [0.2, 0.25) is 15.9 Å². The Labute approximate surface area is 163 Å². The number of hydrogen-bond donors (Lipinski definition) is 1. The summed E-state index contributed by atoms with van der Waals surface area (Å²) in [7, 11) is -3.42. The molecule has 1 fully saturated rings. The molecule has 2 aromatic rings. The van der Waals surface area contributed by atoms with Gasteiger partial charge in [-0.2, -0.15) is 4.31 Å². The van der Waals surface area contributed by atoms with E-state index < -0.39 is 15.8 Å². The molecule has 1 saturated heterocycles. The summed E-state index contributed by atoms with van der Waals surface area (Å²) in [5.41, 5.74) is 1.29. The number of halogens is 2. The lowest BCUT2D eigenvalue weighted by atomic mass is 10.1. The molecule has 0 atom stereocenters. The molecule has 1 aliphatic rings. The summed E-state index contributed by atoms with van der Waals surface area (Å²) in [5.74, 6) is -0.773. The molecule has 27 heavy (non-hydrogen) atoms. The third kappa shape index (κ3) is 4.86. The molecule has 8 heteroatoms. The fourth-order valence-corrected chi connectivity index (χ4v) is 4.66. The molecule has 0 radical (unpaired) electrons. The van der Waals surface area contributed by atoms with E-state index in [0.29, 0.717) is 25.2 Å². The first kappa shape index (κ1) is 19.8. The average Bonchev–Trinajstić information content (AvgIpc) is 3.19. The van der Waals surface area contributed by atoms with Crippen LogP contribution in [0.4, 0.5) is 10.1 Å². The molecular weight excluding hydrogens is 391 g/mol. The number of hydrogen-bond acceptors (Lipinski definition) is 3. The Morgan fingerprint density at radius 3 is 2.41 bits per heavy atom. The van der Waals surface area contributed by atoms with Gasteiger partial charge in [0, 0.05) is 25.2 Å². The topological polar surface area (TPSA) is 66.5 Å². The van der Waals surface area contributed by atoms with E-state index in [4.69, 9.17) is 11.6 Å². The van der Waals surface area contributed by atoms with Crippen LogP contribution in [0.3, 0.4) is 0 Å². The number of anilines is 1. The van der Waals surface area contributed by atoms with Crippen molar-refractivity contribution in [3.63, 3.8) is 0 Å². The molecule has 0 aliphatic carbocycles. The summed E-state index contributed by atoms with van der Waals surface area (Å²) in [4.78, 5) is 12.3. The fraction of sp³-hybridized carbons (Fsp3) is 0.316. The lowest BCUT2D eigenvalue weighted by Crippen LogP contribution is -2.27. The highest BCUT2D eigenvalue weighted by molar-refractivity contribution is 7.89. The summed E-state index contributed by atoms with van der Waals surface area (Å²) in [6.07, 6.45) is 2.47. The van der Waals surface area contributed by atoms with Crippen LogP contribution in [0.2, 0.25) is 5.02 Å². The van der Waals surface area contributed by atoms with Crippen LogP contribution < -0.4 is 5.32 Å². The molecule has 144 valence electrons. The number of nitrogens with zero attached hydrogens (tertiary/aromatic N) is 1. The van der Waals surface area contributed by atoms with Gasteiger partial charge in [0.05, 0.1) is 9.92 Å². The van der Waals surface area contributed by atoms with Crippen molar-refractivity contribution < 1.29 is 17.6 Å². The van der Waals surface area contributed by atoms with E-state index in [9.17, 15) is 17.6 Å². The number of aryl methyl sites for hydroxylation is 1. The molecule has 1 heterocycles. The minimum atomic E-state index is -3.42. The molecule has 0 unspecified atom stereocenters. The number of rotatable bonds is 6. The standard InChI is InChI=1S/C19H20ClFN2O3S/c20-17-13-15(6-9-18(17)21)22-19(24)10-5-14-3-7-16(8-4-14)27(25,26)23-11-1-2-12-23/h3-4,6-9,13H,1-2,5,10-12H2,(H,22,24). The van der Waals surface area contributed by atoms with Gasteiger partial charge >= 0.3 is 0 Å². The second-order valence-electron chi connectivity index (χ2n) is 6.43. The molecule has 0 bridgehead atoms. The highest BCUT2D eigenvalue weighted by atomic mass is 35.5. The normalized spacial score (nSPS) is 15.0. The SMILES string of the molecule is O=C(CCc1ccc(S(=O)(=O)N2CCCC2)cc1)Nc1ccc(F)c(Cl)c1. The van der Waals surface area contributed by atoms with Gasteiger partial charge in [0.15, 0.2) is 0 Å². The number of nitrogens with one attached hydrogen (secondary N) is 1. The van der Waals surface area contributed by atoms with Crippen LogP contribution in [0.25, 0.3) is 0 Å². The second kappa shape index (κ2) is 8.37. The van der Waals surface area contributed by atoms with E-state index in [1.54, 1.807) is 24.3 Å². The zero-order valence-corrected chi connectivity index (χ0v) is 16.2. The van der Waals surface area contributed by atoms with Gasteiger partial charge in [-0.15, -0.1) is 0 Å². The van der Waals surface area contributed by atoms with Crippen LogP contribution in [0.1, 0.15) is 24.8 Å². The Bertz CT molecular complexity index is 926. The number of amides is 1. The van der Waals surface area contributed by atoms with Crippen molar-refractivity contribution in [3.05, 3.63) is 58.9 Å². The Hall–Kier alpha value is -1.96. The van der Waals surface area contributed by atoms with Gasteiger partial charge in [0.1, 0.15) is 5.82 Å². The maximum Gasteiger partial charge on any atom is 0.243 e. The first-order valence-corrected chi connectivity index (χ1v) is 10.5. The third-order valence-corrected chi connectivity index (χ3v) is 6.67. The van der Waals surface area contributed by atoms with Crippen molar-refractivity contribution in [2.45, 2.75) is 30.6 Å². The fourth-order valence-electron chi connectivity index (χ4n) is 2.96. The van der Waals surface area contributed by atoms with Crippen molar-refractivity contribution in [3.8, 4) is 0 Å². The van der Waals surface area contributed by atoms with E-state index in [2.05, 4.69) is 5.32 Å². The quantitative estimate of drug-likeness (QED) is 0.786. The Kier molecular flexibility index (Phi) is 6.14. The van der Waals surface area contributed by atoms with E-state index in [-0.39, 0.29) is 22.2 Å². The average molecular weight is 411 g/mol. The van der Waals surface area contributed by atoms with Gasteiger partial charge in [-0.05, 0) is 55.2 Å². The highest BCUT2D eigenvalue weighted by Crippen LogP contribution is 2.22. The Morgan fingerprint density at radius 1 is 1.11 bits per heavy atom. The van der Waals surface area contributed by atoms with Gasteiger partial charge in [-0.1, -0.05) is 23.7 Å². The molecule has 0 aromatic heterocycles. The first-order chi connectivity index (χ1) is 12.9. The number of carbonyl (C=O) groups is 1. The monoisotopic (exact) mass is 410 g/mol. The predicted octanol–water partition coefficient (Wildman–Crippen LogP) is 3.83. The van der Waals surface area contributed by atoms with Crippen molar-refractivity contribution in [2.24, 2.45) is 0 Å². The van der Waals surface area contributed by atoms with E-state index in [1.807, 2.05) is 0 Å². The van der Waals surface area contributed by atoms with E-state index in [1.165, 1.54) is 22.5 Å². The maximum atomic E-state index is 13.1. The van der Waals surface area contributed by atoms with Gasteiger partial charge in [-0.25, -0.2) is 12.8 Å². The van der Waals surface area contributed by atoms with Crippen LogP contribution in [0.15, 0.2) is 47.4 Å². The van der Waals surface area contributed by atoms with Crippen LogP contribution >= 0.6 is 11.6 Å². The maximum absolute atomic E-state index is 13.1. The zero-order chi connectivity index (χ0) is 19.4. The lowest BCUT2D eigenvalue weighted by molar-refractivity contribution is -0.116. The first-order valence-electron chi connectivity index (χ1n) is 8.70. The Morgan fingerprint density at radius 2 is 1.78 bits per heavy atom. The van der Waals surface area contributed by atoms with Crippen LogP contribution in [0, 0.1) is 5.82 Å². The van der Waals surface area contributed by atoms with Gasteiger partial charge < -0.3 is 5.32 Å². The lowest BCUT2D eigenvalue weighted by Gasteiger charge is -2.15. The molecule has 5 nitrogen and oxygen atoms in total. The molecule has 3 rings (SSSR count). The summed E-state index contributed by atoms with van der Waals surface area (Å²) in [6.45, 7) is 1.13. The molecule has 1 aliphatic heterocycles. The third-order valence-electron chi connectivity index (χ3n) is 4.47. The second-order valence-corrected chi connectivity index (χ2v) is 8.78. The number of benzene rings is 2. The zero-order valence-electron chi connectivity index (χ0n) is 14.6. The molecule has 2 aromatic carbocycles. The number of carbonyl (C=O) groups excluding carboxylic acids is 1. The van der Waals surface area contributed by atoms with Crippen LogP contribution in [0.5, 0.6) is 0 Å². The van der Waals surface area contributed by atoms with Gasteiger partial charge in [0.25, 0.3) is 0 Å². The number of sulfonamides is 1. The molecular formula is C19H20ClFN2O3S. The molecule has 0 saturated carbocycles. The highest BCUT2D eigenvalue weighted by Gasteiger charge is 2.26. The van der Waals surface area contributed by atoms with Crippen molar-refractivity contribution in [1.82, 2.24) is 4.31 Å². The Balaban J connectivity index is 1.56. The minimum Gasteiger partial charge on any atom is -0.326 e. The molecule has 1 N–H and O–H groups in total. The summed E-state index contributed by atoms with van der Waals surface area (Å²) >= 11 is 5.69. The van der Waals surface area contributed by atoms with Crippen molar-refractivity contribution in [2.75, 3.05) is 18.4 Å². The summed E-state index contributed by atoms with van der Waals surface area (Å²) < 4.78 is 39.6. The molecule has 1 amide bonds. The molecule has 0 spiro atoms.